The van der Waals surface area contributed by atoms with Gasteiger partial charge in [-0.2, -0.15) is 0 Å². The molecule has 2 heterocycles. The van der Waals surface area contributed by atoms with E-state index in [0.717, 1.165) is 0 Å². The van der Waals surface area contributed by atoms with Gasteiger partial charge in [0.25, 0.3) is 0 Å². The Hall–Kier alpha value is -2.74. The van der Waals surface area contributed by atoms with Crippen LogP contribution < -0.4 is 0 Å². The van der Waals surface area contributed by atoms with Gasteiger partial charge in [0.05, 0.1) is 0 Å². The molecule has 0 saturated carbocycles. The Morgan fingerprint density at radius 1 is 0.619 bits per heavy atom. The molecule has 2 aromatic heterocycles. The molecule has 0 N–H and O–H groups in total. The van der Waals surface area contributed by atoms with Crippen LogP contribution in [-0.4, -0.2) is 9.97 Å². The number of nitrogens with zero attached hydrogens (tertiary/aromatic N) is 2. The summed E-state index contributed by atoms with van der Waals surface area (Å²) in [4.78, 5) is 8.09. The van der Waals surface area contributed by atoms with Gasteiger partial charge in [-0.1, -0.05) is 42.5 Å². The zero-order valence-electron chi connectivity index (χ0n) is 11.9. The van der Waals surface area contributed by atoms with E-state index < -0.39 is 0 Å². The summed E-state index contributed by atoms with van der Waals surface area (Å²) < 4.78 is 0. The first-order valence-corrected chi connectivity index (χ1v) is 6.93. The number of hydrogen-bond acceptors (Lipinski definition) is 2. The van der Waals surface area contributed by atoms with Crippen molar-refractivity contribution in [3.8, 4) is 0 Å². The van der Waals surface area contributed by atoms with Crippen LogP contribution in [0, 0.1) is 6.92 Å². The smallest absolute Gasteiger partial charge is 0.0349 e. The Morgan fingerprint density at radius 3 is 2.05 bits per heavy atom. The lowest BCUT2D eigenvalue weighted by atomic mass is 10.1. The summed E-state index contributed by atoms with van der Waals surface area (Å²) in [5.74, 6) is 0. The van der Waals surface area contributed by atoms with Crippen molar-refractivity contribution in [1.82, 2.24) is 9.97 Å². The van der Waals surface area contributed by atoms with Crippen LogP contribution >= 0.6 is 0 Å². The summed E-state index contributed by atoms with van der Waals surface area (Å²) >= 11 is 0. The lowest BCUT2D eigenvalue weighted by Gasteiger charge is -1.98. The summed E-state index contributed by atoms with van der Waals surface area (Å²) in [5.41, 5.74) is 1.29. The molecule has 0 amide bonds. The molecule has 0 aliphatic rings. The van der Waals surface area contributed by atoms with E-state index in [1.54, 1.807) is 0 Å². The van der Waals surface area contributed by atoms with Crippen LogP contribution in [0.15, 0.2) is 79.4 Å². The lowest BCUT2D eigenvalue weighted by molar-refractivity contribution is 1.35. The van der Waals surface area contributed by atoms with Crippen molar-refractivity contribution in [3.05, 3.63) is 84.9 Å². The molecule has 4 rings (SSSR count). The van der Waals surface area contributed by atoms with E-state index in [2.05, 4.69) is 47.2 Å². The molecule has 4 aromatic rings. The van der Waals surface area contributed by atoms with Crippen LogP contribution in [0.3, 0.4) is 0 Å². The third kappa shape index (κ3) is 3.06. The number of aryl methyl sites for hydroxylation is 1. The summed E-state index contributed by atoms with van der Waals surface area (Å²) in [6.45, 7) is 2.10. The van der Waals surface area contributed by atoms with Crippen molar-refractivity contribution in [1.29, 1.82) is 0 Å². The number of aromatic nitrogens is 2. The second kappa shape index (κ2) is 6.14. The molecule has 2 heteroatoms. The van der Waals surface area contributed by atoms with E-state index in [4.69, 9.17) is 0 Å². The zero-order valence-corrected chi connectivity index (χ0v) is 11.9. The SMILES string of the molecule is Cc1cccc2ccncc12.c1ccc2cnccc2c1. The Kier molecular flexibility index (Phi) is 3.88. The first-order chi connectivity index (χ1) is 10.3. The van der Waals surface area contributed by atoms with Gasteiger partial charge < -0.3 is 0 Å². The highest BCUT2D eigenvalue weighted by molar-refractivity contribution is 5.84. The average Bonchev–Trinajstić information content (AvgIpc) is 2.56. The molecule has 2 nitrogen and oxygen atoms in total. The minimum absolute atomic E-state index is 1.20. The molecule has 0 bridgehead atoms. The van der Waals surface area contributed by atoms with Crippen molar-refractivity contribution in [2.24, 2.45) is 0 Å². The third-order valence-corrected chi connectivity index (χ3v) is 3.45. The predicted octanol–water partition coefficient (Wildman–Crippen LogP) is 4.78. The van der Waals surface area contributed by atoms with Crippen molar-refractivity contribution < 1.29 is 0 Å². The second-order valence-corrected chi connectivity index (χ2v) is 4.89. The van der Waals surface area contributed by atoms with Crippen LogP contribution in [0.5, 0.6) is 0 Å². The van der Waals surface area contributed by atoms with Gasteiger partial charge in [-0.15, -0.1) is 0 Å². The molecule has 0 atom stereocenters. The highest BCUT2D eigenvalue weighted by atomic mass is 14.6. The molecular formula is C19H16N2. The monoisotopic (exact) mass is 272 g/mol. The Morgan fingerprint density at radius 2 is 1.29 bits per heavy atom. The molecule has 21 heavy (non-hydrogen) atoms. The second-order valence-electron chi connectivity index (χ2n) is 4.89. The van der Waals surface area contributed by atoms with Crippen molar-refractivity contribution >= 4 is 21.5 Å². The Bertz CT molecular complexity index is 798. The van der Waals surface area contributed by atoms with Gasteiger partial charge in [-0.25, -0.2) is 0 Å². The third-order valence-electron chi connectivity index (χ3n) is 3.45. The van der Waals surface area contributed by atoms with Crippen LogP contribution in [0.4, 0.5) is 0 Å². The van der Waals surface area contributed by atoms with Crippen molar-refractivity contribution in [3.63, 3.8) is 0 Å². The molecule has 2 aromatic carbocycles. The molecule has 0 aliphatic heterocycles. The van der Waals surface area contributed by atoms with Crippen LogP contribution in [0.2, 0.25) is 0 Å². The number of rotatable bonds is 0. The van der Waals surface area contributed by atoms with Crippen LogP contribution in [0.1, 0.15) is 5.56 Å². The van der Waals surface area contributed by atoms with E-state index in [1.807, 2.05) is 49.1 Å². The fraction of sp³-hybridized carbons (Fsp3) is 0.0526. The van der Waals surface area contributed by atoms with Crippen LogP contribution in [-0.2, 0) is 0 Å². The van der Waals surface area contributed by atoms with Gasteiger partial charge in [0.1, 0.15) is 0 Å². The normalized spacial score (nSPS) is 10.1. The van der Waals surface area contributed by atoms with Gasteiger partial charge >= 0.3 is 0 Å². The molecule has 0 radical (unpaired) electrons. The minimum atomic E-state index is 1.20. The Labute approximate surface area is 124 Å². The van der Waals surface area contributed by atoms with Gasteiger partial charge in [0.15, 0.2) is 0 Å². The molecule has 0 aliphatic carbocycles. The summed E-state index contributed by atoms with van der Waals surface area (Å²) in [6.07, 6.45) is 7.41. The topological polar surface area (TPSA) is 25.8 Å². The van der Waals surface area contributed by atoms with E-state index in [9.17, 15) is 0 Å². The van der Waals surface area contributed by atoms with E-state index in [0.29, 0.717) is 0 Å². The van der Waals surface area contributed by atoms with Gasteiger partial charge in [-0.05, 0) is 40.8 Å². The Balaban J connectivity index is 0.000000126. The number of benzene rings is 2. The van der Waals surface area contributed by atoms with Gasteiger partial charge in [0.2, 0.25) is 0 Å². The van der Waals surface area contributed by atoms with Gasteiger partial charge in [-0.3, -0.25) is 9.97 Å². The fourth-order valence-electron chi connectivity index (χ4n) is 2.29. The number of fused-ring (bicyclic) bond motifs is 2. The zero-order chi connectivity index (χ0) is 14.5. The van der Waals surface area contributed by atoms with Crippen molar-refractivity contribution in [2.45, 2.75) is 6.92 Å². The largest absolute Gasteiger partial charge is 0.264 e. The number of pyridine rings is 2. The van der Waals surface area contributed by atoms with Crippen LogP contribution in [0.25, 0.3) is 21.5 Å². The van der Waals surface area contributed by atoms with E-state index in [-0.39, 0.29) is 0 Å². The quantitative estimate of drug-likeness (QED) is 0.460. The molecule has 0 fully saturated rings. The first kappa shape index (κ1) is 13.3. The molecule has 102 valence electrons. The first-order valence-electron chi connectivity index (χ1n) is 6.93. The molecule has 0 saturated heterocycles. The highest BCUT2D eigenvalue weighted by Crippen LogP contribution is 2.15. The maximum atomic E-state index is 4.07. The average molecular weight is 272 g/mol. The predicted molar refractivity (Wildman–Crippen MR) is 88.2 cm³/mol. The molecule has 0 unspecified atom stereocenters. The maximum Gasteiger partial charge on any atom is 0.0349 e. The maximum absolute atomic E-state index is 4.07. The summed E-state index contributed by atoms with van der Waals surface area (Å²) in [5, 5.41) is 4.96. The molecular weight excluding hydrogens is 256 g/mol. The minimum Gasteiger partial charge on any atom is -0.264 e. The summed E-state index contributed by atoms with van der Waals surface area (Å²) in [6, 6.07) is 18.5. The summed E-state index contributed by atoms with van der Waals surface area (Å²) in [7, 11) is 0. The lowest BCUT2D eigenvalue weighted by Crippen LogP contribution is -1.78. The highest BCUT2D eigenvalue weighted by Gasteiger charge is 1.93. The van der Waals surface area contributed by atoms with E-state index >= 15 is 0 Å². The van der Waals surface area contributed by atoms with E-state index in [1.165, 1.54) is 27.1 Å². The standard InChI is InChI=1S/C10H9N.C9H7N/c1-8-3-2-4-9-5-6-11-7-10(8)9;1-2-4-9-7-10-6-5-8(9)3-1/h2-7H,1H3;1-7H. The number of hydrogen-bond donors (Lipinski definition) is 0. The fourth-order valence-corrected chi connectivity index (χ4v) is 2.29. The molecule has 0 spiro atoms. The van der Waals surface area contributed by atoms with Gasteiger partial charge in [0, 0.05) is 30.2 Å². The van der Waals surface area contributed by atoms with Crippen molar-refractivity contribution in [2.75, 3.05) is 0 Å².